The molecule has 1 saturated heterocycles. The van der Waals surface area contributed by atoms with Crippen molar-refractivity contribution >= 4 is 11.9 Å². The fraction of sp³-hybridized carbons (Fsp3) is 0.857. The van der Waals surface area contributed by atoms with Gasteiger partial charge in [0.2, 0.25) is 0 Å². The lowest BCUT2D eigenvalue weighted by Gasteiger charge is -2.28. The third-order valence-corrected chi connectivity index (χ3v) is 2.63. The Labute approximate surface area is 117 Å². The predicted molar refractivity (Wildman–Crippen MR) is 76.2 cm³/mol. The van der Waals surface area contributed by atoms with Crippen LogP contribution < -0.4 is 5.32 Å². The Morgan fingerprint density at radius 2 is 1.63 bits per heavy atom. The average molecular weight is 275 g/mol. The fourth-order valence-corrected chi connectivity index (χ4v) is 1.79. The summed E-state index contributed by atoms with van der Waals surface area (Å²) in [5.74, 6) is 0.127. The van der Waals surface area contributed by atoms with Crippen molar-refractivity contribution < 1.29 is 19.1 Å². The van der Waals surface area contributed by atoms with E-state index < -0.39 is 12.1 Å². The molecule has 1 rings (SSSR count). The molecule has 1 atom stereocenters. The van der Waals surface area contributed by atoms with Crippen LogP contribution in [0.1, 0.15) is 47.5 Å². The van der Waals surface area contributed by atoms with Gasteiger partial charge in [-0.3, -0.25) is 4.79 Å². The molecule has 0 spiro atoms. The Morgan fingerprint density at radius 3 is 2.00 bits per heavy atom. The topological polar surface area (TPSA) is 64.6 Å². The first kappa shape index (κ1) is 20.2. The molecule has 114 valence electrons. The quantitative estimate of drug-likeness (QED) is 0.860. The van der Waals surface area contributed by atoms with E-state index in [9.17, 15) is 9.59 Å². The van der Waals surface area contributed by atoms with E-state index in [1.54, 1.807) is 0 Å². The number of rotatable bonds is 3. The van der Waals surface area contributed by atoms with Gasteiger partial charge in [-0.15, -0.1) is 0 Å². The molecule has 0 saturated carbocycles. The molecule has 19 heavy (non-hydrogen) atoms. The lowest BCUT2D eigenvalue weighted by atomic mass is 9.89. The van der Waals surface area contributed by atoms with Gasteiger partial charge >= 0.3 is 6.09 Å². The zero-order valence-corrected chi connectivity index (χ0v) is 13.1. The second kappa shape index (κ2) is 13.3. The minimum absolute atomic E-state index is 0.0349. The third kappa shape index (κ3) is 8.59. The lowest BCUT2D eigenvalue weighted by Crippen LogP contribution is -2.46. The first-order valence-corrected chi connectivity index (χ1v) is 7.08. The summed E-state index contributed by atoms with van der Waals surface area (Å²) in [4.78, 5) is 22.4. The normalized spacial score (nSPS) is 15.9. The number of carbonyl (C=O) groups is 2. The Hall–Kier alpha value is -1.10. The van der Waals surface area contributed by atoms with Crippen molar-refractivity contribution in [3.63, 3.8) is 0 Å². The second-order valence-corrected chi connectivity index (χ2v) is 3.67. The van der Waals surface area contributed by atoms with Gasteiger partial charge in [0.1, 0.15) is 0 Å². The Bertz CT molecular complexity index is 238. The maximum absolute atomic E-state index is 11.4. The molecule has 1 amide bonds. The average Bonchev–Trinajstić information content (AvgIpc) is 2.49. The highest BCUT2D eigenvalue weighted by Gasteiger charge is 2.28. The van der Waals surface area contributed by atoms with E-state index in [-0.39, 0.29) is 11.7 Å². The maximum atomic E-state index is 11.4. The first-order valence-electron chi connectivity index (χ1n) is 7.08. The molecular formula is C14H29NO4. The zero-order chi connectivity index (χ0) is 15.3. The number of nitrogens with one attached hydrogen (secondary N) is 1. The number of carbonyl (C=O) groups excluding carboxylic acids is 2. The SMILES string of the molecule is CC.CC.COC(=O)NC(C(C)=O)C1CCOCC1. The van der Waals surface area contributed by atoms with Crippen LogP contribution in [0.2, 0.25) is 0 Å². The van der Waals surface area contributed by atoms with Crippen molar-refractivity contribution in [3.8, 4) is 0 Å². The zero-order valence-electron chi connectivity index (χ0n) is 13.1. The second-order valence-electron chi connectivity index (χ2n) is 3.67. The van der Waals surface area contributed by atoms with Crippen LogP contribution in [0.3, 0.4) is 0 Å². The molecular weight excluding hydrogens is 246 g/mol. The fourth-order valence-electron chi connectivity index (χ4n) is 1.79. The van der Waals surface area contributed by atoms with Crippen molar-refractivity contribution in [2.24, 2.45) is 5.92 Å². The number of methoxy groups -OCH3 is 1. The molecule has 0 aromatic rings. The van der Waals surface area contributed by atoms with Gasteiger partial charge in [0.05, 0.1) is 13.2 Å². The molecule has 5 nitrogen and oxygen atoms in total. The molecule has 5 heteroatoms. The summed E-state index contributed by atoms with van der Waals surface area (Å²) in [6.07, 6.45) is 1.05. The summed E-state index contributed by atoms with van der Waals surface area (Å²) in [5, 5.41) is 2.57. The molecule has 1 aliphatic heterocycles. The van der Waals surface area contributed by atoms with E-state index in [4.69, 9.17) is 4.74 Å². The molecule has 0 aromatic heterocycles. The smallest absolute Gasteiger partial charge is 0.407 e. The molecule has 0 aliphatic carbocycles. The van der Waals surface area contributed by atoms with Crippen LogP contribution in [0.25, 0.3) is 0 Å². The monoisotopic (exact) mass is 275 g/mol. The van der Waals surface area contributed by atoms with Gasteiger partial charge in [-0.2, -0.15) is 0 Å². The minimum atomic E-state index is -0.554. The highest BCUT2D eigenvalue weighted by molar-refractivity contribution is 5.85. The minimum Gasteiger partial charge on any atom is -0.453 e. The number of hydrogen-bond acceptors (Lipinski definition) is 4. The first-order chi connectivity index (χ1) is 9.15. The third-order valence-electron chi connectivity index (χ3n) is 2.63. The van der Waals surface area contributed by atoms with E-state index >= 15 is 0 Å². The van der Waals surface area contributed by atoms with Crippen LogP contribution in [0.5, 0.6) is 0 Å². The molecule has 0 radical (unpaired) electrons. The Kier molecular flexibility index (Phi) is 14.2. The van der Waals surface area contributed by atoms with Crippen molar-refractivity contribution in [3.05, 3.63) is 0 Å². The van der Waals surface area contributed by atoms with E-state index in [0.29, 0.717) is 13.2 Å². The summed E-state index contributed by atoms with van der Waals surface area (Å²) >= 11 is 0. The largest absolute Gasteiger partial charge is 0.453 e. The van der Waals surface area contributed by atoms with Gasteiger partial charge in [-0.05, 0) is 25.7 Å². The standard InChI is InChI=1S/C10H17NO4.2C2H6/c1-7(12)9(11-10(13)14-2)8-3-5-15-6-4-8;2*1-2/h8-9H,3-6H2,1-2H3,(H,11,13);2*1-2H3. The van der Waals surface area contributed by atoms with E-state index in [0.717, 1.165) is 12.8 Å². The van der Waals surface area contributed by atoms with Crippen molar-refractivity contribution in [1.82, 2.24) is 5.32 Å². The highest BCUT2D eigenvalue weighted by Crippen LogP contribution is 2.19. The van der Waals surface area contributed by atoms with Gasteiger partial charge in [-0.1, -0.05) is 27.7 Å². The molecule has 1 fully saturated rings. The van der Waals surface area contributed by atoms with E-state index in [1.807, 2.05) is 27.7 Å². The number of amides is 1. The summed E-state index contributed by atoms with van der Waals surface area (Å²) in [6, 6.07) is -0.443. The Balaban J connectivity index is 0. The maximum Gasteiger partial charge on any atom is 0.407 e. The van der Waals surface area contributed by atoms with Gasteiger partial charge < -0.3 is 14.8 Å². The van der Waals surface area contributed by atoms with Gasteiger partial charge in [0.15, 0.2) is 5.78 Å². The van der Waals surface area contributed by atoms with Gasteiger partial charge in [0, 0.05) is 13.2 Å². The predicted octanol–water partition coefficient (Wildman–Crippen LogP) is 2.78. The van der Waals surface area contributed by atoms with Crippen molar-refractivity contribution in [2.75, 3.05) is 20.3 Å². The summed E-state index contributed by atoms with van der Waals surface area (Å²) in [7, 11) is 1.29. The number of ether oxygens (including phenoxy) is 2. The van der Waals surface area contributed by atoms with Gasteiger partial charge in [0.25, 0.3) is 0 Å². The van der Waals surface area contributed by atoms with E-state index in [1.165, 1.54) is 14.0 Å². The number of hydrogen-bond donors (Lipinski definition) is 1. The van der Waals surface area contributed by atoms with Crippen LogP contribution >= 0.6 is 0 Å². The van der Waals surface area contributed by atoms with Crippen LogP contribution in [0.4, 0.5) is 4.79 Å². The van der Waals surface area contributed by atoms with Crippen LogP contribution in [0, 0.1) is 5.92 Å². The van der Waals surface area contributed by atoms with Crippen LogP contribution in [-0.4, -0.2) is 38.2 Å². The number of ketones is 1. The van der Waals surface area contributed by atoms with E-state index in [2.05, 4.69) is 10.1 Å². The molecule has 0 aromatic carbocycles. The molecule has 0 bridgehead atoms. The van der Waals surface area contributed by atoms with Crippen LogP contribution in [0.15, 0.2) is 0 Å². The Morgan fingerprint density at radius 1 is 1.16 bits per heavy atom. The van der Waals surface area contributed by atoms with Crippen molar-refractivity contribution in [1.29, 1.82) is 0 Å². The highest BCUT2D eigenvalue weighted by atomic mass is 16.5. The summed E-state index contributed by atoms with van der Waals surface area (Å²) < 4.78 is 9.69. The summed E-state index contributed by atoms with van der Waals surface area (Å²) in [6.45, 7) is 10.8. The molecule has 1 N–H and O–H groups in total. The lowest BCUT2D eigenvalue weighted by molar-refractivity contribution is -0.121. The molecule has 1 heterocycles. The number of alkyl carbamates (subject to hydrolysis) is 1. The summed E-state index contributed by atoms with van der Waals surface area (Å²) in [5.41, 5.74) is 0. The number of Topliss-reactive ketones (excluding diaryl/α,β-unsaturated/α-hetero) is 1. The van der Waals surface area contributed by atoms with Gasteiger partial charge in [-0.25, -0.2) is 4.79 Å². The van der Waals surface area contributed by atoms with Crippen LogP contribution in [-0.2, 0) is 14.3 Å². The van der Waals surface area contributed by atoms with Crippen molar-refractivity contribution in [2.45, 2.75) is 53.5 Å². The molecule has 1 unspecified atom stereocenters. The molecule has 1 aliphatic rings.